The Morgan fingerprint density at radius 3 is 3.12 bits per heavy atom. The molecule has 17 heavy (non-hydrogen) atoms. The van der Waals surface area contributed by atoms with Crippen LogP contribution in [0.2, 0.25) is 0 Å². The zero-order valence-corrected chi connectivity index (χ0v) is 10.2. The Kier molecular flexibility index (Phi) is 2.91. The summed E-state index contributed by atoms with van der Waals surface area (Å²) >= 11 is 1.82. The van der Waals surface area contributed by atoms with Crippen molar-refractivity contribution >= 4 is 11.8 Å². The molecular formula is C13H14N2OS. The Morgan fingerprint density at radius 1 is 1.41 bits per heavy atom. The van der Waals surface area contributed by atoms with Crippen LogP contribution < -0.4 is 0 Å². The summed E-state index contributed by atoms with van der Waals surface area (Å²) in [5, 5.41) is 10.4. The van der Waals surface area contributed by atoms with Gasteiger partial charge in [-0.1, -0.05) is 18.2 Å². The number of benzene rings is 1. The molecule has 0 fully saturated rings. The second kappa shape index (κ2) is 4.55. The van der Waals surface area contributed by atoms with Gasteiger partial charge in [-0.15, -0.1) is 11.8 Å². The van der Waals surface area contributed by atoms with E-state index in [9.17, 15) is 5.11 Å². The maximum Gasteiger partial charge on any atom is 0.106 e. The molecule has 0 spiro atoms. The first-order valence-electron chi connectivity index (χ1n) is 5.72. The third-order valence-corrected chi connectivity index (χ3v) is 4.43. The fourth-order valence-electron chi connectivity index (χ4n) is 2.23. The van der Waals surface area contributed by atoms with E-state index >= 15 is 0 Å². The molecule has 2 atom stereocenters. The third-order valence-electron chi connectivity index (χ3n) is 3.15. The lowest BCUT2D eigenvalue weighted by molar-refractivity contribution is 0.114. The summed E-state index contributed by atoms with van der Waals surface area (Å²) < 4.78 is 0. The van der Waals surface area contributed by atoms with E-state index < -0.39 is 0 Å². The topological polar surface area (TPSA) is 48.9 Å². The first-order chi connectivity index (χ1) is 8.34. The van der Waals surface area contributed by atoms with Crippen molar-refractivity contribution in [1.82, 2.24) is 9.97 Å². The molecule has 0 bridgehead atoms. The average molecular weight is 246 g/mol. The molecule has 1 aromatic carbocycles. The van der Waals surface area contributed by atoms with Gasteiger partial charge in [0.2, 0.25) is 0 Å². The van der Waals surface area contributed by atoms with Crippen molar-refractivity contribution in [3.05, 3.63) is 48.0 Å². The maximum absolute atomic E-state index is 10.4. The Labute approximate surface area is 104 Å². The Balaban J connectivity index is 1.82. The number of nitrogens with one attached hydrogen (secondary N) is 1. The van der Waals surface area contributed by atoms with Gasteiger partial charge in [-0.2, -0.15) is 0 Å². The molecule has 1 aliphatic heterocycles. The highest BCUT2D eigenvalue weighted by Crippen LogP contribution is 2.40. The molecule has 2 unspecified atom stereocenters. The van der Waals surface area contributed by atoms with Crippen LogP contribution >= 0.6 is 11.8 Å². The molecule has 0 saturated carbocycles. The van der Waals surface area contributed by atoms with E-state index in [-0.39, 0.29) is 12.0 Å². The molecule has 4 heteroatoms. The molecule has 0 saturated heterocycles. The molecule has 0 amide bonds. The second-order valence-corrected chi connectivity index (χ2v) is 5.36. The number of H-pyrrole nitrogens is 1. The molecule has 2 aromatic rings. The number of rotatable bonds is 2. The SMILES string of the molecule is OC1c2ccccc2SCC1Cc1ncc[nH]1. The van der Waals surface area contributed by atoms with Crippen LogP contribution in [0.3, 0.4) is 0 Å². The van der Waals surface area contributed by atoms with Crippen LogP contribution in [0, 0.1) is 5.92 Å². The lowest BCUT2D eigenvalue weighted by Gasteiger charge is -2.28. The first-order valence-corrected chi connectivity index (χ1v) is 6.71. The van der Waals surface area contributed by atoms with E-state index in [0.29, 0.717) is 0 Å². The number of aliphatic hydroxyl groups is 1. The van der Waals surface area contributed by atoms with Crippen LogP contribution in [-0.2, 0) is 6.42 Å². The molecular weight excluding hydrogens is 232 g/mol. The van der Waals surface area contributed by atoms with Crippen molar-refractivity contribution in [2.75, 3.05) is 5.75 Å². The van der Waals surface area contributed by atoms with E-state index in [1.807, 2.05) is 36.2 Å². The Bertz CT molecular complexity index is 498. The van der Waals surface area contributed by atoms with Crippen molar-refractivity contribution in [3.63, 3.8) is 0 Å². The zero-order chi connectivity index (χ0) is 11.7. The van der Waals surface area contributed by atoms with E-state index in [4.69, 9.17) is 0 Å². The van der Waals surface area contributed by atoms with Gasteiger partial charge in [0.25, 0.3) is 0 Å². The molecule has 0 aliphatic carbocycles. The minimum Gasteiger partial charge on any atom is -0.388 e. The molecule has 0 radical (unpaired) electrons. The van der Waals surface area contributed by atoms with Gasteiger partial charge < -0.3 is 10.1 Å². The van der Waals surface area contributed by atoms with Gasteiger partial charge in [0, 0.05) is 35.4 Å². The number of hydrogen-bond donors (Lipinski definition) is 2. The molecule has 3 nitrogen and oxygen atoms in total. The van der Waals surface area contributed by atoms with Crippen molar-refractivity contribution < 1.29 is 5.11 Å². The summed E-state index contributed by atoms with van der Waals surface area (Å²) in [6.07, 6.45) is 4.00. The average Bonchev–Trinajstić information content (AvgIpc) is 2.86. The number of fused-ring (bicyclic) bond motifs is 1. The molecule has 2 N–H and O–H groups in total. The van der Waals surface area contributed by atoms with E-state index in [0.717, 1.165) is 23.6 Å². The van der Waals surface area contributed by atoms with Gasteiger partial charge in [0.1, 0.15) is 5.82 Å². The quantitative estimate of drug-likeness (QED) is 0.855. The van der Waals surface area contributed by atoms with Crippen LogP contribution in [0.15, 0.2) is 41.6 Å². The molecule has 88 valence electrons. The van der Waals surface area contributed by atoms with Crippen molar-refractivity contribution in [2.45, 2.75) is 17.4 Å². The molecule has 1 aromatic heterocycles. The third kappa shape index (κ3) is 2.10. The Morgan fingerprint density at radius 2 is 2.29 bits per heavy atom. The number of nitrogens with zero attached hydrogens (tertiary/aromatic N) is 1. The highest BCUT2D eigenvalue weighted by molar-refractivity contribution is 7.99. The van der Waals surface area contributed by atoms with Gasteiger partial charge in [0.05, 0.1) is 6.10 Å². The monoisotopic (exact) mass is 246 g/mol. The summed E-state index contributed by atoms with van der Waals surface area (Å²) in [6, 6.07) is 8.09. The van der Waals surface area contributed by atoms with Crippen LogP contribution in [0.5, 0.6) is 0 Å². The summed E-state index contributed by atoms with van der Waals surface area (Å²) in [5.41, 5.74) is 1.06. The predicted octanol–water partition coefficient (Wildman–Crippen LogP) is 2.41. The van der Waals surface area contributed by atoms with Crippen LogP contribution in [0.4, 0.5) is 0 Å². The highest BCUT2D eigenvalue weighted by atomic mass is 32.2. The lowest BCUT2D eigenvalue weighted by atomic mass is 9.93. The maximum atomic E-state index is 10.4. The van der Waals surface area contributed by atoms with Gasteiger partial charge in [-0.3, -0.25) is 0 Å². The normalized spacial score (nSPS) is 23.4. The zero-order valence-electron chi connectivity index (χ0n) is 9.34. The van der Waals surface area contributed by atoms with Gasteiger partial charge in [-0.05, 0) is 11.6 Å². The smallest absolute Gasteiger partial charge is 0.106 e. The van der Waals surface area contributed by atoms with E-state index in [2.05, 4.69) is 16.0 Å². The molecule has 1 aliphatic rings. The number of imidazole rings is 1. The number of hydrogen-bond acceptors (Lipinski definition) is 3. The number of aliphatic hydroxyl groups excluding tert-OH is 1. The fraction of sp³-hybridized carbons (Fsp3) is 0.308. The number of aromatic nitrogens is 2. The number of thioether (sulfide) groups is 1. The van der Waals surface area contributed by atoms with Crippen LogP contribution in [0.25, 0.3) is 0 Å². The summed E-state index contributed by atoms with van der Waals surface area (Å²) in [7, 11) is 0. The summed E-state index contributed by atoms with van der Waals surface area (Å²) in [4.78, 5) is 8.53. The summed E-state index contributed by atoms with van der Waals surface area (Å²) in [6.45, 7) is 0. The van der Waals surface area contributed by atoms with Gasteiger partial charge in [0.15, 0.2) is 0 Å². The molecule has 2 heterocycles. The Hall–Kier alpha value is -1.26. The van der Waals surface area contributed by atoms with Gasteiger partial charge in [-0.25, -0.2) is 4.98 Å². The van der Waals surface area contributed by atoms with Crippen molar-refractivity contribution in [1.29, 1.82) is 0 Å². The lowest BCUT2D eigenvalue weighted by Crippen LogP contribution is -2.22. The second-order valence-electron chi connectivity index (χ2n) is 4.29. The first kappa shape index (κ1) is 10.9. The van der Waals surface area contributed by atoms with E-state index in [1.165, 1.54) is 4.90 Å². The van der Waals surface area contributed by atoms with Crippen molar-refractivity contribution in [2.24, 2.45) is 5.92 Å². The van der Waals surface area contributed by atoms with Crippen LogP contribution in [0.1, 0.15) is 17.5 Å². The summed E-state index contributed by atoms with van der Waals surface area (Å²) in [5.74, 6) is 2.13. The van der Waals surface area contributed by atoms with Gasteiger partial charge >= 0.3 is 0 Å². The minimum atomic E-state index is -0.377. The predicted molar refractivity (Wildman–Crippen MR) is 67.9 cm³/mol. The van der Waals surface area contributed by atoms with Crippen molar-refractivity contribution in [3.8, 4) is 0 Å². The standard InChI is InChI=1S/C13H14N2OS/c16-13-9(7-12-14-5-6-15-12)8-17-11-4-2-1-3-10(11)13/h1-6,9,13,16H,7-8H2,(H,14,15). The van der Waals surface area contributed by atoms with Crippen LogP contribution in [-0.4, -0.2) is 20.8 Å². The minimum absolute atomic E-state index is 0.237. The molecule has 3 rings (SSSR count). The number of aromatic amines is 1. The van der Waals surface area contributed by atoms with E-state index in [1.54, 1.807) is 6.20 Å². The largest absolute Gasteiger partial charge is 0.388 e. The fourth-order valence-corrected chi connectivity index (χ4v) is 3.45. The highest BCUT2D eigenvalue weighted by Gasteiger charge is 2.28.